The number of aromatic nitrogens is 4. The largest absolute Gasteiger partial charge is 0.464 e. The Labute approximate surface area is 164 Å². The minimum atomic E-state index is -0.532. The second-order valence-corrected chi connectivity index (χ2v) is 7.00. The molecular formula is C19H14Cl2N4O2. The molecule has 0 aliphatic heterocycles. The molecule has 0 saturated carbocycles. The maximum absolute atomic E-state index is 12.4. The minimum Gasteiger partial charge on any atom is -0.464 e. The molecule has 0 unspecified atom stereocenters. The molecule has 0 saturated heterocycles. The van der Waals surface area contributed by atoms with Gasteiger partial charge >= 0.3 is 5.97 Å². The number of esters is 1. The lowest BCUT2D eigenvalue weighted by Crippen LogP contribution is -2.10. The van der Waals surface area contributed by atoms with Crippen LogP contribution in [-0.4, -0.2) is 32.7 Å². The number of ether oxygens (including phenoxy) is 1. The van der Waals surface area contributed by atoms with E-state index in [1.807, 2.05) is 19.9 Å². The molecule has 0 amide bonds. The lowest BCUT2D eigenvalue weighted by molar-refractivity contribution is 0.0591. The monoisotopic (exact) mass is 400 g/mol. The highest BCUT2D eigenvalue weighted by atomic mass is 35.5. The third-order valence-corrected chi connectivity index (χ3v) is 4.82. The van der Waals surface area contributed by atoms with Crippen LogP contribution in [0.5, 0.6) is 0 Å². The number of benzene rings is 1. The number of fused-ring (bicyclic) bond motifs is 3. The number of hydrogen-bond acceptors (Lipinski definition) is 5. The number of halogens is 2. The first-order valence-corrected chi connectivity index (χ1v) is 8.86. The molecule has 0 aliphatic rings. The van der Waals surface area contributed by atoms with Crippen molar-refractivity contribution >= 4 is 45.9 Å². The van der Waals surface area contributed by atoms with Crippen LogP contribution in [0, 0.1) is 13.8 Å². The molecule has 0 fully saturated rings. The number of carbonyl (C=O) groups excluding carboxylic acids is 1. The van der Waals surface area contributed by atoms with Gasteiger partial charge in [-0.1, -0.05) is 23.2 Å². The lowest BCUT2D eigenvalue weighted by atomic mass is 10.1. The van der Waals surface area contributed by atoms with E-state index < -0.39 is 5.97 Å². The van der Waals surface area contributed by atoms with Gasteiger partial charge in [0.05, 0.1) is 23.2 Å². The Morgan fingerprint density at radius 2 is 1.89 bits per heavy atom. The van der Waals surface area contributed by atoms with Crippen molar-refractivity contribution in [2.24, 2.45) is 0 Å². The van der Waals surface area contributed by atoms with Crippen LogP contribution in [0.15, 0.2) is 30.3 Å². The summed E-state index contributed by atoms with van der Waals surface area (Å²) in [6.07, 6.45) is 0. The van der Waals surface area contributed by atoms with Crippen molar-refractivity contribution in [1.82, 2.24) is 19.6 Å². The normalized spacial score (nSPS) is 11.3. The Morgan fingerprint density at radius 1 is 1.11 bits per heavy atom. The summed E-state index contributed by atoms with van der Waals surface area (Å²) in [7, 11) is 1.32. The van der Waals surface area contributed by atoms with Crippen LogP contribution in [0.3, 0.4) is 0 Å². The van der Waals surface area contributed by atoms with Gasteiger partial charge in [-0.15, -0.1) is 5.10 Å². The Morgan fingerprint density at radius 3 is 2.59 bits per heavy atom. The topological polar surface area (TPSA) is 69.4 Å². The van der Waals surface area contributed by atoms with E-state index in [2.05, 4.69) is 10.1 Å². The van der Waals surface area contributed by atoms with Gasteiger partial charge in [-0.25, -0.2) is 19.3 Å². The van der Waals surface area contributed by atoms with E-state index >= 15 is 0 Å². The predicted molar refractivity (Wildman–Crippen MR) is 105 cm³/mol. The summed E-state index contributed by atoms with van der Waals surface area (Å²) < 4.78 is 6.39. The van der Waals surface area contributed by atoms with Crippen LogP contribution in [0.4, 0.5) is 0 Å². The van der Waals surface area contributed by atoms with E-state index in [0.29, 0.717) is 32.6 Å². The fraction of sp³-hybridized carbons (Fsp3) is 0.158. The number of rotatable bonds is 2. The Hall–Kier alpha value is -2.70. The second kappa shape index (κ2) is 6.48. The van der Waals surface area contributed by atoms with E-state index in [1.54, 1.807) is 24.3 Å². The number of pyridine rings is 1. The molecule has 1 aromatic carbocycles. The molecule has 4 rings (SSSR count). The first kappa shape index (κ1) is 17.7. The Kier molecular flexibility index (Phi) is 4.25. The zero-order valence-corrected chi connectivity index (χ0v) is 16.3. The first-order valence-electron chi connectivity index (χ1n) is 8.10. The lowest BCUT2D eigenvalue weighted by Gasteiger charge is -2.08. The van der Waals surface area contributed by atoms with Crippen molar-refractivity contribution in [2.45, 2.75) is 13.8 Å². The molecular weight excluding hydrogens is 387 g/mol. The molecule has 0 spiro atoms. The van der Waals surface area contributed by atoms with Gasteiger partial charge in [0.1, 0.15) is 0 Å². The Bertz CT molecular complexity index is 1230. The molecule has 0 atom stereocenters. The molecule has 0 aliphatic carbocycles. The van der Waals surface area contributed by atoms with Crippen LogP contribution >= 0.6 is 23.2 Å². The van der Waals surface area contributed by atoms with Crippen LogP contribution in [0.1, 0.15) is 21.7 Å². The molecule has 27 heavy (non-hydrogen) atoms. The van der Waals surface area contributed by atoms with Gasteiger partial charge in [0, 0.05) is 16.3 Å². The summed E-state index contributed by atoms with van der Waals surface area (Å²) in [6, 6.07) is 8.66. The highest BCUT2D eigenvalue weighted by Gasteiger charge is 2.21. The zero-order valence-electron chi connectivity index (χ0n) is 14.7. The summed E-state index contributed by atoms with van der Waals surface area (Å²) in [4.78, 5) is 21.6. The maximum atomic E-state index is 12.4. The number of carbonyl (C=O) groups is 1. The van der Waals surface area contributed by atoms with Crippen LogP contribution in [0.25, 0.3) is 27.9 Å². The van der Waals surface area contributed by atoms with Crippen molar-refractivity contribution < 1.29 is 9.53 Å². The van der Waals surface area contributed by atoms with E-state index in [9.17, 15) is 4.79 Å². The van der Waals surface area contributed by atoms with Crippen LogP contribution in [-0.2, 0) is 4.74 Å². The summed E-state index contributed by atoms with van der Waals surface area (Å²) in [5.41, 5.74) is 4.24. The number of nitrogens with zero attached hydrogens (tertiary/aromatic N) is 4. The van der Waals surface area contributed by atoms with Crippen molar-refractivity contribution in [1.29, 1.82) is 0 Å². The number of aryl methyl sites for hydroxylation is 2. The highest BCUT2D eigenvalue weighted by Crippen LogP contribution is 2.32. The van der Waals surface area contributed by atoms with Gasteiger partial charge in [-0.3, -0.25) is 0 Å². The zero-order chi connectivity index (χ0) is 19.3. The fourth-order valence-electron chi connectivity index (χ4n) is 3.11. The van der Waals surface area contributed by atoms with Gasteiger partial charge in [-0.2, -0.15) is 0 Å². The van der Waals surface area contributed by atoms with Crippen molar-refractivity contribution in [3.05, 3.63) is 57.3 Å². The van der Waals surface area contributed by atoms with Crippen molar-refractivity contribution in [2.75, 3.05) is 7.11 Å². The summed E-state index contributed by atoms with van der Waals surface area (Å²) in [5, 5.41) is 6.19. The van der Waals surface area contributed by atoms with Crippen molar-refractivity contribution in [3.63, 3.8) is 0 Å². The summed E-state index contributed by atoms with van der Waals surface area (Å²) >= 11 is 12.3. The number of methoxy groups -OCH3 is 1. The number of hydrogen-bond donors (Lipinski definition) is 0. The SMILES string of the molecule is COC(=O)c1cc(-c2ccc(Cl)cc2Cl)nc2c3c(C)cc(C)nc3nn12. The average molecular weight is 401 g/mol. The van der Waals surface area contributed by atoms with Gasteiger partial charge in [-0.05, 0) is 49.7 Å². The van der Waals surface area contributed by atoms with Gasteiger partial charge in [0.2, 0.25) is 0 Å². The molecule has 6 nitrogen and oxygen atoms in total. The standard InChI is InChI=1S/C19H14Cl2N4O2/c1-9-6-10(2)22-17-16(9)18-23-14(12-5-4-11(20)7-13(12)21)8-15(19(26)27-3)25(18)24-17/h4-8H,1-3H3. The third-order valence-electron chi connectivity index (χ3n) is 4.27. The quantitative estimate of drug-likeness (QED) is 0.457. The van der Waals surface area contributed by atoms with Gasteiger partial charge < -0.3 is 4.74 Å². The van der Waals surface area contributed by atoms with Crippen molar-refractivity contribution in [3.8, 4) is 11.3 Å². The molecule has 8 heteroatoms. The van der Waals surface area contributed by atoms with Gasteiger partial charge in [0.15, 0.2) is 17.0 Å². The average Bonchev–Trinajstić information content (AvgIpc) is 2.98. The van der Waals surface area contributed by atoms with E-state index in [0.717, 1.165) is 16.6 Å². The molecule has 3 aromatic heterocycles. The summed E-state index contributed by atoms with van der Waals surface area (Å²) in [5.74, 6) is -0.532. The minimum absolute atomic E-state index is 0.235. The molecule has 136 valence electrons. The highest BCUT2D eigenvalue weighted by molar-refractivity contribution is 6.36. The van der Waals surface area contributed by atoms with E-state index in [1.165, 1.54) is 11.6 Å². The first-order chi connectivity index (χ1) is 12.9. The molecule has 0 bridgehead atoms. The maximum Gasteiger partial charge on any atom is 0.356 e. The molecule has 0 radical (unpaired) electrons. The molecule has 0 N–H and O–H groups in total. The smallest absolute Gasteiger partial charge is 0.356 e. The predicted octanol–water partition coefficient (Wildman–Crippen LogP) is 4.65. The third kappa shape index (κ3) is 2.91. The van der Waals surface area contributed by atoms with Crippen LogP contribution < -0.4 is 0 Å². The fourth-order valence-corrected chi connectivity index (χ4v) is 3.61. The van der Waals surface area contributed by atoms with E-state index in [-0.39, 0.29) is 5.69 Å². The van der Waals surface area contributed by atoms with E-state index in [4.69, 9.17) is 32.9 Å². The van der Waals surface area contributed by atoms with Crippen LogP contribution in [0.2, 0.25) is 10.0 Å². The Balaban J connectivity index is 2.12. The molecule has 3 heterocycles. The van der Waals surface area contributed by atoms with Gasteiger partial charge in [0.25, 0.3) is 0 Å². The molecule has 4 aromatic rings. The summed E-state index contributed by atoms with van der Waals surface area (Å²) in [6.45, 7) is 3.85. The second-order valence-electron chi connectivity index (χ2n) is 6.16.